The van der Waals surface area contributed by atoms with Crippen molar-refractivity contribution in [2.75, 3.05) is 0 Å². The van der Waals surface area contributed by atoms with E-state index in [1.165, 1.54) is 0 Å². The SMILES string of the molecule is O=S(=O)(O)c1cc(O)c2cc(O)c(S(=O)(=O)O)cc2c1. The highest BCUT2D eigenvalue weighted by atomic mass is 32.2. The molecule has 0 atom stereocenters. The van der Waals surface area contributed by atoms with E-state index in [9.17, 15) is 27.0 Å². The molecule has 2 aromatic rings. The molecule has 4 N–H and O–H groups in total. The van der Waals surface area contributed by atoms with Gasteiger partial charge in [0.05, 0.1) is 4.90 Å². The molecule has 0 saturated heterocycles. The zero-order valence-corrected chi connectivity index (χ0v) is 11.2. The lowest BCUT2D eigenvalue weighted by Crippen LogP contribution is -2.00. The Morgan fingerprint density at radius 3 is 1.85 bits per heavy atom. The van der Waals surface area contributed by atoms with Gasteiger partial charge in [0.1, 0.15) is 16.4 Å². The van der Waals surface area contributed by atoms with Crippen LogP contribution in [0.25, 0.3) is 10.8 Å². The molecule has 108 valence electrons. The van der Waals surface area contributed by atoms with Crippen LogP contribution in [0.4, 0.5) is 0 Å². The molecule has 0 bridgehead atoms. The van der Waals surface area contributed by atoms with E-state index in [1.807, 2.05) is 0 Å². The van der Waals surface area contributed by atoms with Crippen molar-refractivity contribution in [1.29, 1.82) is 0 Å². The summed E-state index contributed by atoms with van der Waals surface area (Å²) in [5, 5.41) is 19.0. The number of fused-ring (bicyclic) bond motifs is 1. The summed E-state index contributed by atoms with van der Waals surface area (Å²) in [6, 6.07) is 3.25. The second-order valence-electron chi connectivity index (χ2n) is 3.93. The molecule has 2 aromatic carbocycles. The predicted molar refractivity (Wildman–Crippen MR) is 66.9 cm³/mol. The second-order valence-corrected chi connectivity index (χ2v) is 6.75. The Hall–Kier alpha value is -1.88. The molecule has 0 aliphatic rings. The zero-order chi connectivity index (χ0) is 15.3. The van der Waals surface area contributed by atoms with Gasteiger partial charge in [0.15, 0.2) is 0 Å². The Labute approximate surface area is 113 Å². The molecule has 0 saturated carbocycles. The maximum atomic E-state index is 11.0. The lowest BCUT2D eigenvalue weighted by Gasteiger charge is -2.07. The third-order valence-corrected chi connectivity index (χ3v) is 4.27. The van der Waals surface area contributed by atoms with E-state index in [4.69, 9.17) is 9.11 Å². The Morgan fingerprint density at radius 2 is 1.35 bits per heavy atom. The highest BCUT2D eigenvalue weighted by Gasteiger charge is 2.19. The van der Waals surface area contributed by atoms with Crippen molar-refractivity contribution in [2.45, 2.75) is 9.79 Å². The smallest absolute Gasteiger partial charge is 0.298 e. The summed E-state index contributed by atoms with van der Waals surface area (Å²) >= 11 is 0. The fourth-order valence-corrected chi connectivity index (χ4v) is 2.82. The van der Waals surface area contributed by atoms with Gasteiger partial charge >= 0.3 is 0 Å². The van der Waals surface area contributed by atoms with Crippen LogP contribution in [0.1, 0.15) is 0 Å². The summed E-state index contributed by atoms with van der Waals surface area (Å²) in [6.07, 6.45) is 0. The standard InChI is InChI=1S/C10H8O8S2/c11-8-3-6(19(13,14)15)1-5-2-10(20(16,17)18)9(12)4-7(5)8/h1-4,11-12H,(H,13,14,15)(H,16,17,18). The minimum atomic E-state index is -4.73. The molecular weight excluding hydrogens is 312 g/mol. The van der Waals surface area contributed by atoms with Crippen LogP contribution in [0.15, 0.2) is 34.1 Å². The number of hydrogen-bond donors (Lipinski definition) is 4. The molecule has 10 heteroatoms. The van der Waals surface area contributed by atoms with Crippen LogP contribution in [-0.2, 0) is 20.2 Å². The molecule has 0 radical (unpaired) electrons. The summed E-state index contributed by atoms with van der Waals surface area (Å²) in [5.41, 5.74) is 0. The molecule has 8 nitrogen and oxygen atoms in total. The van der Waals surface area contributed by atoms with Crippen molar-refractivity contribution in [3.63, 3.8) is 0 Å². The quantitative estimate of drug-likeness (QED) is 0.592. The Kier molecular flexibility index (Phi) is 3.13. The number of hydrogen-bond acceptors (Lipinski definition) is 6. The van der Waals surface area contributed by atoms with Crippen molar-refractivity contribution in [3.05, 3.63) is 24.3 Å². The molecule has 0 amide bonds. The first kappa shape index (κ1) is 14.5. The van der Waals surface area contributed by atoms with Crippen LogP contribution in [0.2, 0.25) is 0 Å². The molecule has 2 rings (SSSR count). The number of rotatable bonds is 2. The fourth-order valence-electron chi connectivity index (χ4n) is 1.69. The lowest BCUT2D eigenvalue weighted by atomic mass is 10.1. The maximum Gasteiger partial charge on any atom is 0.298 e. The van der Waals surface area contributed by atoms with Gasteiger partial charge in [-0.05, 0) is 23.6 Å². The van der Waals surface area contributed by atoms with E-state index in [0.29, 0.717) is 0 Å². The summed E-state index contributed by atoms with van der Waals surface area (Å²) in [4.78, 5) is -1.51. The van der Waals surface area contributed by atoms with Crippen molar-refractivity contribution in [2.24, 2.45) is 0 Å². The maximum absolute atomic E-state index is 11.0. The van der Waals surface area contributed by atoms with Gasteiger partial charge in [0.2, 0.25) is 0 Å². The average molecular weight is 320 g/mol. The van der Waals surface area contributed by atoms with Gasteiger partial charge in [-0.3, -0.25) is 9.11 Å². The van der Waals surface area contributed by atoms with Gasteiger partial charge in [0.25, 0.3) is 20.2 Å². The molecule has 0 aliphatic heterocycles. The average Bonchev–Trinajstić information content (AvgIpc) is 2.26. The third kappa shape index (κ3) is 2.54. The summed E-state index contributed by atoms with van der Waals surface area (Å²) < 4.78 is 61.9. The first-order valence-corrected chi connectivity index (χ1v) is 7.83. The van der Waals surface area contributed by atoms with Crippen LogP contribution in [0.5, 0.6) is 11.5 Å². The number of phenols is 2. The highest BCUT2D eigenvalue weighted by Crippen LogP contribution is 2.35. The minimum Gasteiger partial charge on any atom is -0.507 e. The van der Waals surface area contributed by atoms with Crippen LogP contribution in [0.3, 0.4) is 0 Å². The third-order valence-electron chi connectivity index (χ3n) is 2.56. The monoisotopic (exact) mass is 320 g/mol. The highest BCUT2D eigenvalue weighted by molar-refractivity contribution is 7.86. The molecular formula is C10H8O8S2. The first-order valence-electron chi connectivity index (χ1n) is 4.95. The topological polar surface area (TPSA) is 149 Å². The van der Waals surface area contributed by atoms with E-state index in [0.717, 1.165) is 24.3 Å². The molecule has 0 spiro atoms. The van der Waals surface area contributed by atoms with Gasteiger partial charge < -0.3 is 10.2 Å². The van der Waals surface area contributed by atoms with Crippen LogP contribution < -0.4 is 0 Å². The van der Waals surface area contributed by atoms with Gasteiger partial charge in [-0.1, -0.05) is 0 Å². The predicted octanol–water partition coefficient (Wildman–Crippen LogP) is 0.744. The molecule has 0 unspecified atom stereocenters. The zero-order valence-electron chi connectivity index (χ0n) is 9.55. The van der Waals surface area contributed by atoms with Crippen LogP contribution >= 0.6 is 0 Å². The van der Waals surface area contributed by atoms with E-state index in [1.54, 1.807) is 0 Å². The molecule has 0 aliphatic carbocycles. The van der Waals surface area contributed by atoms with Gasteiger partial charge in [-0.2, -0.15) is 16.8 Å². The van der Waals surface area contributed by atoms with Crippen molar-refractivity contribution >= 4 is 31.0 Å². The van der Waals surface area contributed by atoms with Crippen LogP contribution in [0, 0.1) is 0 Å². The largest absolute Gasteiger partial charge is 0.507 e. The number of benzene rings is 2. The number of phenolic OH excluding ortho intramolecular Hbond substituents is 2. The van der Waals surface area contributed by atoms with Crippen molar-refractivity contribution in [1.82, 2.24) is 0 Å². The van der Waals surface area contributed by atoms with Gasteiger partial charge in [-0.15, -0.1) is 0 Å². The van der Waals surface area contributed by atoms with E-state index in [2.05, 4.69) is 0 Å². The molecule has 0 aromatic heterocycles. The van der Waals surface area contributed by atoms with E-state index < -0.39 is 41.5 Å². The molecule has 0 fully saturated rings. The van der Waals surface area contributed by atoms with Gasteiger partial charge in [-0.25, -0.2) is 0 Å². The summed E-state index contributed by atoms with van der Waals surface area (Å²) in [7, 11) is -9.34. The molecule has 20 heavy (non-hydrogen) atoms. The Morgan fingerprint density at radius 1 is 0.750 bits per heavy atom. The summed E-state index contributed by atoms with van der Waals surface area (Å²) in [6.45, 7) is 0. The number of aromatic hydroxyl groups is 2. The minimum absolute atomic E-state index is 0.0534. The Balaban J connectivity index is 2.93. The molecule has 0 heterocycles. The normalized spacial score (nSPS) is 12.7. The van der Waals surface area contributed by atoms with Gasteiger partial charge in [0, 0.05) is 11.5 Å². The van der Waals surface area contributed by atoms with Crippen LogP contribution in [-0.4, -0.2) is 36.2 Å². The second kappa shape index (κ2) is 4.31. The fraction of sp³-hybridized carbons (Fsp3) is 0. The van der Waals surface area contributed by atoms with Crippen molar-refractivity contribution in [3.8, 4) is 11.5 Å². The lowest BCUT2D eigenvalue weighted by molar-refractivity contribution is 0.443. The van der Waals surface area contributed by atoms with E-state index in [-0.39, 0.29) is 10.8 Å². The van der Waals surface area contributed by atoms with E-state index >= 15 is 0 Å². The summed E-state index contributed by atoms with van der Waals surface area (Å²) in [5.74, 6) is -1.40. The Bertz CT molecular complexity index is 912. The first-order chi connectivity index (χ1) is 9.00. The van der Waals surface area contributed by atoms with Crippen molar-refractivity contribution < 1.29 is 36.2 Å².